The summed E-state index contributed by atoms with van der Waals surface area (Å²) in [7, 11) is 0. The Labute approximate surface area is 154 Å². The third-order valence-electron chi connectivity index (χ3n) is 3.25. The molecule has 0 fully saturated rings. The molecule has 0 atom stereocenters. The van der Waals surface area contributed by atoms with E-state index in [1.807, 2.05) is 58.0 Å². The number of aromatic nitrogens is 1. The molecule has 0 unspecified atom stereocenters. The summed E-state index contributed by atoms with van der Waals surface area (Å²) >= 11 is 0. The zero-order valence-corrected chi connectivity index (χ0v) is 15.8. The van der Waals surface area contributed by atoms with Gasteiger partial charge in [0, 0.05) is 17.6 Å². The molecule has 0 aliphatic heterocycles. The molecule has 140 valence electrons. The Morgan fingerprint density at radius 2 is 1.92 bits per heavy atom. The first kappa shape index (κ1) is 19.5. The van der Waals surface area contributed by atoms with E-state index in [1.165, 1.54) is 0 Å². The summed E-state index contributed by atoms with van der Waals surface area (Å²) in [6.45, 7) is 9.00. The predicted octanol–water partition coefficient (Wildman–Crippen LogP) is 2.31. The lowest BCUT2D eigenvalue weighted by Crippen LogP contribution is -2.48. The zero-order valence-electron chi connectivity index (χ0n) is 15.8. The predicted molar refractivity (Wildman–Crippen MR) is 103 cm³/mol. The third kappa shape index (κ3) is 6.58. The second-order valence-electron chi connectivity index (χ2n) is 6.86. The molecule has 1 aromatic heterocycles. The van der Waals surface area contributed by atoms with Gasteiger partial charge < -0.3 is 20.4 Å². The van der Waals surface area contributed by atoms with E-state index in [0.29, 0.717) is 24.9 Å². The van der Waals surface area contributed by atoms with Crippen molar-refractivity contribution >= 4 is 11.9 Å². The number of rotatable bonds is 6. The maximum atomic E-state index is 11.9. The van der Waals surface area contributed by atoms with Crippen molar-refractivity contribution in [3.8, 4) is 11.5 Å². The van der Waals surface area contributed by atoms with Gasteiger partial charge in [-0.1, -0.05) is 18.2 Å². The largest absolute Gasteiger partial charge is 0.444 e. The fourth-order valence-corrected chi connectivity index (χ4v) is 2.22. The number of nitrogens with one attached hydrogen (secondary N) is 3. The maximum Gasteiger partial charge on any atom is 0.239 e. The molecule has 0 radical (unpaired) electrons. The van der Waals surface area contributed by atoms with E-state index >= 15 is 0 Å². The van der Waals surface area contributed by atoms with Gasteiger partial charge in [0.15, 0.2) is 5.96 Å². The highest BCUT2D eigenvalue weighted by Gasteiger charge is 2.13. The van der Waals surface area contributed by atoms with E-state index in [4.69, 9.17) is 4.42 Å². The number of carbonyl (C=O) groups excluding carboxylic acids is 1. The van der Waals surface area contributed by atoms with Crippen LogP contribution >= 0.6 is 0 Å². The van der Waals surface area contributed by atoms with Crippen LogP contribution in [0.1, 0.15) is 33.4 Å². The van der Waals surface area contributed by atoms with Gasteiger partial charge in [-0.05, 0) is 39.8 Å². The summed E-state index contributed by atoms with van der Waals surface area (Å²) in [5, 5.41) is 9.03. The zero-order chi connectivity index (χ0) is 19.0. The van der Waals surface area contributed by atoms with Crippen LogP contribution < -0.4 is 16.0 Å². The summed E-state index contributed by atoms with van der Waals surface area (Å²) in [6, 6.07) is 9.71. The number of hydrogen-bond acceptors (Lipinski definition) is 4. The van der Waals surface area contributed by atoms with Gasteiger partial charge in [0.2, 0.25) is 11.8 Å². The number of nitrogens with zero attached hydrogens (tertiary/aromatic N) is 2. The summed E-state index contributed by atoms with van der Waals surface area (Å²) < 4.78 is 5.51. The second-order valence-corrected chi connectivity index (χ2v) is 6.86. The van der Waals surface area contributed by atoms with E-state index < -0.39 is 0 Å². The van der Waals surface area contributed by atoms with Gasteiger partial charge in [-0.15, -0.1) is 0 Å². The number of aliphatic imine (C=N–C) groups is 1. The topological polar surface area (TPSA) is 91.6 Å². The van der Waals surface area contributed by atoms with Crippen LogP contribution in [-0.4, -0.2) is 35.5 Å². The molecule has 0 spiro atoms. The highest BCUT2D eigenvalue weighted by atomic mass is 16.3. The smallest absolute Gasteiger partial charge is 0.239 e. The molecule has 7 heteroatoms. The van der Waals surface area contributed by atoms with Crippen LogP contribution in [0.15, 0.2) is 46.0 Å². The van der Waals surface area contributed by atoms with Gasteiger partial charge >= 0.3 is 0 Å². The van der Waals surface area contributed by atoms with Crippen molar-refractivity contribution in [2.75, 3.05) is 13.1 Å². The van der Waals surface area contributed by atoms with Gasteiger partial charge in [-0.25, -0.2) is 9.98 Å². The minimum atomic E-state index is -0.261. The SMILES string of the molecule is CCNC(=NCc1coc(-c2ccccc2)n1)NCC(=O)NC(C)(C)C. The van der Waals surface area contributed by atoms with Crippen molar-refractivity contribution in [1.82, 2.24) is 20.9 Å². The van der Waals surface area contributed by atoms with Crippen molar-refractivity contribution < 1.29 is 9.21 Å². The van der Waals surface area contributed by atoms with Crippen molar-refractivity contribution in [3.63, 3.8) is 0 Å². The van der Waals surface area contributed by atoms with Crippen LogP contribution in [0.4, 0.5) is 0 Å². The first-order valence-electron chi connectivity index (χ1n) is 8.70. The van der Waals surface area contributed by atoms with Gasteiger partial charge in [-0.3, -0.25) is 4.79 Å². The average molecular weight is 357 g/mol. The molecule has 7 nitrogen and oxygen atoms in total. The Kier molecular flexibility index (Phi) is 6.77. The first-order valence-corrected chi connectivity index (χ1v) is 8.70. The van der Waals surface area contributed by atoms with E-state index in [9.17, 15) is 4.79 Å². The quantitative estimate of drug-likeness (QED) is 0.545. The fraction of sp³-hybridized carbons (Fsp3) is 0.421. The molecule has 0 aliphatic carbocycles. The number of benzene rings is 1. The van der Waals surface area contributed by atoms with Gasteiger partial charge in [0.05, 0.1) is 13.1 Å². The molecule has 0 aliphatic rings. The summed E-state index contributed by atoms with van der Waals surface area (Å²) in [5.41, 5.74) is 1.38. The lowest BCUT2D eigenvalue weighted by molar-refractivity contribution is -0.121. The molecule has 3 N–H and O–H groups in total. The van der Waals surface area contributed by atoms with Crippen molar-refractivity contribution in [1.29, 1.82) is 0 Å². The Balaban J connectivity index is 1.94. The van der Waals surface area contributed by atoms with Crippen molar-refractivity contribution in [3.05, 3.63) is 42.3 Å². The Morgan fingerprint density at radius 1 is 1.19 bits per heavy atom. The van der Waals surface area contributed by atoms with Crippen LogP contribution in [0, 0.1) is 0 Å². The first-order chi connectivity index (χ1) is 12.4. The normalized spacial score (nSPS) is 11.9. The van der Waals surface area contributed by atoms with Crippen molar-refractivity contribution in [2.24, 2.45) is 4.99 Å². The number of hydrogen-bond donors (Lipinski definition) is 3. The van der Waals surface area contributed by atoms with Gasteiger partial charge in [0.1, 0.15) is 12.0 Å². The molecule has 0 saturated carbocycles. The second kappa shape index (κ2) is 9.03. The molecule has 1 heterocycles. The molecule has 1 aromatic carbocycles. The Bertz CT molecular complexity index is 732. The van der Waals surface area contributed by atoms with E-state index in [2.05, 4.69) is 25.9 Å². The number of carbonyl (C=O) groups is 1. The maximum absolute atomic E-state index is 11.9. The molecular formula is C19H27N5O2. The van der Waals surface area contributed by atoms with Crippen LogP contribution in [0.2, 0.25) is 0 Å². The monoisotopic (exact) mass is 357 g/mol. The van der Waals surface area contributed by atoms with E-state index in [1.54, 1.807) is 6.26 Å². The number of amides is 1. The third-order valence-corrected chi connectivity index (χ3v) is 3.25. The lowest BCUT2D eigenvalue weighted by atomic mass is 10.1. The number of oxazole rings is 1. The minimum absolute atomic E-state index is 0.0871. The summed E-state index contributed by atoms with van der Waals surface area (Å²) in [5.74, 6) is 1.04. The molecule has 26 heavy (non-hydrogen) atoms. The van der Waals surface area contributed by atoms with Gasteiger partial charge in [0.25, 0.3) is 0 Å². The van der Waals surface area contributed by atoms with Crippen LogP contribution in [0.3, 0.4) is 0 Å². The highest BCUT2D eigenvalue weighted by molar-refractivity contribution is 5.86. The lowest BCUT2D eigenvalue weighted by Gasteiger charge is -2.21. The van der Waals surface area contributed by atoms with E-state index in [-0.39, 0.29) is 18.0 Å². The molecule has 2 aromatic rings. The van der Waals surface area contributed by atoms with Gasteiger partial charge in [-0.2, -0.15) is 0 Å². The fourth-order valence-electron chi connectivity index (χ4n) is 2.22. The van der Waals surface area contributed by atoms with Crippen LogP contribution in [-0.2, 0) is 11.3 Å². The standard InChI is InChI=1S/C19H27N5O2/c1-5-20-18(22-12-16(25)24-19(2,3)4)21-11-15-13-26-17(23-15)14-9-7-6-8-10-14/h6-10,13H,5,11-12H2,1-4H3,(H,24,25)(H2,20,21,22). The molecule has 0 bridgehead atoms. The van der Waals surface area contributed by atoms with Crippen LogP contribution in [0.25, 0.3) is 11.5 Å². The Morgan fingerprint density at radius 3 is 2.58 bits per heavy atom. The van der Waals surface area contributed by atoms with Crippen molar-refractivity contribution in [2.45, 2.75) is 39.8 Å². The van der Waals surface area contributed by atoms with E-state index in [0.717, 1.165) is 11.3 Å². The molecule has 0 saturated heterocycles. The minimum Gasteiger partial charge on any atom is -0.444 e. The summed E-state index contributed by atoms with van der Waals surface area (Å²) in [4.78, 5) is 20.8. The molecule has 2 rings (SSSR count). The Hall–Kier alpha value is -2.83. The highest BCUT2D eigenvalue weighted by Crippen LogP contribution is 2.18. The molecular weight excluding hydrogens is 330 g/mol. The number of guanidine groups is 1. The average Bonchev–Trinajstić information content (AvgIpc) is 3.05. The molecule has 1 amide bonds. The summed E-state index contributed by atoms with van der Waals surface area (Å²) in [6.07, 6.45) is 1.60. The van der Waals surface area contributed by atoms with Crippen LogP contribution in [0.5, 0.6) is 0 Å².